The lowest BCUT2D eigenvalue weighted by Crippen LogP contribution is -2.23. The number of methoxy groups -OCH3 is 3. The highest BCUT2D eigenvalue weighted by Gasteiger charge is 2.14. The van der Waals surface area contributed by atoms with Crippen LogP contribution in [0.3, 0.4) is 0 Å². The summed E-state index contributed by atoms with van der Waals surface area (Å²) >= 11 is 0. The topological polar surface area (TPSA) is 78.9 Å². The average molecular weight is 388 g/mol. The lowest BCUT2D eigenvalue weighted by atomic mass is 10.1. The molecule has 1 amide bonds. The van der Waals surface area contributed by atoms with Crippen LogP contribution in [0.2, 0.25) is 0 Å². The zero-order valence-corrected chi connectivity index (χ0v) is 17.1. The van der Waals surface area contributed by atoms with Crippen LogP contribution in [0.4, 0.5) is 0 Å². The second-order valence-corrected chi connectivity index (χ2v) is 6.44. The molecule has 1 aromatic carbocycles. The summed E-state index contributed by atoms with van der Waals surface area (Å²) in [5.74, 6) is 2.16. The fourth-order valence-electron chi connectivity index (χ4n) is 2.71. The molecule has 0 aliphatic heterocycles. The number of benzene rings is 1. The predicted octanol–water partition coefficient (Wildman–Crippen LogP) is 3.14. The molecule has 1 aromatic heterocycles. The largest absolute Gasteiger partial charge is 0.493 e. The van der Waals surface area contributed by atoms with Crippen molar-refractivity contribution in [2.75, 3.05) is 21.3 Å². The number of hydrogen-bond acceptors (Lipinski definition) is 6. The van der Waals surface area contributed by atoms with E-state index in [1.165, 1.54) is 0 Å². The number of hydrogen-bond donors (Lipinski definition) is 1. The van der Waals surface area contributed by atoms with Crippen molar-refractivity contribution in [3.05, 3.63) is 41.6 Å². The summed E-state index contributed by atoms with van der Waals surface area (Å²) in [6.45, 7) is 4.24. The van der Waals surface area contributed by atoms with Crippen molar-refractivity contribution in [1.82, 2.24) is 10.3 Å². The van der Waals surface area contributed by atoms with Crippen LogP contribution < -0.4 is 24.3 Å². The van der Waals surface area contributed by atoms with Crippen LogP contribution in [0.5, 0.6) is 23.1 Å². The number of amides is 1. The molecule has 0 saturated carbocycles. The van der Waals surface area contributed by atoms with Gasteiger partial charge in [0.25, 0.3) is 0 Å². The molecule has 0 unspecified atom stereocenters. The Balaban J connectivity index is 1.96. The second kappa shape index (κ2) is 10.4. The third-order valence-electron chi connectivity index (χ3n) is 4.04. The van der Waals surface area contributed by atoms with E-state index in [1.54, 1.807) is 27.5 Å². The molecule has 0 saturated heterocycles. The summed E-state index contributed by atoms with van der Waals surface area (Å²) < 4.78 is 21.7. The Hall–Kier alpha value is -2.96. The summed E-state index contributed by atoms with van der Waals surface area (Å²) in [5.41, 5.74) is 1.77. The lowest BCUT2D eigenvalue weighted by molar-refractivity contribution is -0.121. The maximum Gasteiger partial charge on any atom is 0.220 e. The molecule has 0 bridgehead atoms. The van der Waals surface area contributed by atoms with Gasteiger partial charge >= 0.3 is 0 Å². The highest BCUT2D eigenvalue weighted by molar-refractivity contribution is 5.76. The quantitative estimate of drug-likeness (QED) is 0.674. The van der Waals surface area contributed by atoms with Gasteiger partial charge in [-0.2, -0.15) is 0 Å². The summed E-state index contributed by atoms with van der Waals surface area (Å²) in [6.07, 6.45) is 2.57. The molecule has 0 aliphatic carbocycles. The molecule has 7 nitrogen and oxygen atoms in total. The first-order valence-electron chi connectivity index (χ1n) is 9.14. The standard InChI is InChI=1S/C21H28N2O5/c1-14(2)28-21-16(7-6-10-22-21)13-23-19(24)9-8-15-11-17(25-3)20(27-5)18(12-15)26-4/h6-7,10-12,14H,8-9,13H2,1-5H3,(H,23,24). The van der Waals surface area contributed by atoms with Gasteiger partial charge in [-0.1, -0.05) is 6.07 Å². The van der Waals surface area contributed by atoms with Crippen LogP contribution >= 0.6 is 0 Å². The first kappa shape index (κ1) is 21.3. The Bertz CT molecular complexity index is 767. The number of carbonyl (C=O) groups excluding carboxylic acids is 1. The zero-order valence-electron chi connectivity index (χ0n) is 17.1. The summed E-state index contributed by atoms with van der Waals surface area (Å²) in [6, 6.07) is 7.42. The zero-order chi connectivity index (χ0) is 20.5. The van der Waals surface area contributed by atoms with E-state index in [0.29, 0.717) is 42.5 Å². The van der Waals surface area contributed by atoms with E-state index >= 15 is 0 Å². The summed E-state index contributed by atoms with van der Waals surface area (Å²) in [4.78, 5) is 16.5. The van der Waals surface area contributed by atoms with E-state index in [4.69, 9.17) is 18.9 Å². The van der Waals surface area contributed by atoms with Crippen molar-refractivity contribution in [3.8, 4) is 23.1 Å². The highest BCUT2D eigenvalue weighted by atomic mass is 16.5. The van der Waals surface area contributed by atoms with Crippen LogP contribution in [0, 0.1) is 0 Å². The number of nitrogens with zero attached hydrogens (tertiary/aromatic N) is 1. The number of aryl methyl sites for hydroxylation is 1. The Morgan fingerprint density at radius 2 is 1.79 bits per heavy atom. The molecule has 28 heavy (non-hydrogen) atoms. The maximum absolute atomic E-state index is 12.3. The molecule has 0 spiro atoms. The Morgan fingerprint density at radius 1 is 1.11 bits per heavy atom. The van der Waals surface area contributed by atoms with Crippen molar-refractivity contribution >= 4 is 5.91 Å². The van der Waals surface area contributed by atoms with Gasteiger partial charge in [0.05, 0.1) is 27.4 Å². The Morgan fingerprint density at radius 3 is 2.36 bits per heavy atom. The van der Waals surface area contributed by atoms with E-state index < -0.39 is 0 Å². The average Bonchev–Trinajstić information content (AvgIpc) is 2.70. The van der Waals surface area contributed by atoms with Gasteiger partial charge in [0.1, 0.15) is 0 Å². The van der Waals surface area contributed by atoms with E-state index in [9.17, 15) is 4.79 Å². The van der Waals surface area contributed by atoms with Gasteiger partial charge in [0, 0.05) is 24.7 Å². The monoisotopic (exact) mass is 388 g/mol. The Labute approximate surface area is 166 Å². The van der Waals surface area contributed by atoms with Crippen molar-refractivity contribution in [2.45, 2.75) is 39.3 Å². The van der Waals surface area contributed by atoms with Crippen molar-refractivity contribution in [1.29, 1.82) is 0 Å². The SMILES string of the molecule is COc1cc(CCC(=O)NCc2cccnc2OC(C)C)cc(OC)c1OC. The number of pyridine rings is 1. The van der Waals surface area contributed by atoms with Crippen LogP contribution in [-0.2, 0) is 17.8 Å². The molecule has 0 fully saturated rings. The predicted molar refractivity (Wildman–Crippen MR) is 106 cm³/mol. The number of aromatic nitrogens is 1. The number of carbonyl (C=O) groups is 1. The minimum atomic E-state index is -0.0619. The van der Waals surface area contributed by atoms with Crippen molar-refractivity contribution in [3.63, 3.8) is 0 Å². The molecule has 2 aromatic rings. The van der Waals surface area contributed by atoms with Crippen molar-refractivity contribution < 1.29 is 23.7 Å². The number of nitrogens with one attached hydrogen (secondary N) is 1. The van der Waals surface area contributed by atoms with Crippen LogP contribution in [0.15, 0.2) is 30.5 Å². The van der Waals surface area contributed by atoms with Gasteiger partial charge in [-0.3, -0.25) is 4.79 Å². The third-order valence-corrected chi connectivity index (χ3v) is 4.04. The van der Waals surface area contributed by atoms with Gasteiger partial charge in [-0.25, -0.2) is 4.98 Å². The highest BCUT2D eigenvalue weighted by Crippen LogP contribution is 2.38. The molecule has 0 atom stereocenters. The summed E-state index contributed by atoms with van der Waals surface area (Å²) in [5, 5.41) is 2.92. The lowest BCUT2D eigenvalue weighted by Gasteiger charge is -2.14. The smallest absolute Gasteiger partial charge is 0.220 e. The van der Waals surface area contributed by atoms with Crippen molar-refractivity contribution in [2.24, 2.45) is 0 Å². The molecule has 0 aliphatic rings. The van der Waals surface area contributed by atoms with Crippen LogP contribution in [0.25, 0.3) is 0 Å². The first-order chi connectivity index (χ1) is 13.5. The molecule has 0 radical (unpaired) electrons. The Kier molecular flexibility index (Phi) is 7.92. The molecule has 2 rings (SSSR count). The summed E-state index contributed by atoms with van der Waals surface area (Å²) in [7, 11) is 4.69. The fourth-order valence-corrected chi connectivity index (χ4v) is 2.71. The van der Waals surface area contributed by atoms with Gasteiger partial charge in [0.15, 0.2) is 11.5 Å². The molecule has 1 N–H and O–H groups in total. The molecular formula is C21H28N2O5. The van der Waals surface area contributed by atoms with Gasteiger partial charge < -0.3 is 24.3 Å². The minimum absolute atomic E-state index is 0.0179. The van der Waals surface area contributed by atoms with E-state index in [-0.39, 0.29) is 12.0 Å². The van der Waals surface area contributed by atoms with E-state index in [2.05, 4.69) is 10.3 Å². The van der Waals surface area contributed by atoms with Gasteiger partial charge in [0.2, 0.25) is 17.5 Å². The van der Waals surface area contributed by atoms with E-state index in [1.807, 2.05) is 38.1 Å². The maximum atomic E-state index is 12.3. The van der Waals surface area contributed by atoms with Crippen LogP contribution in [-0.4, -0.2) is 38.3 Å². The van der Waals surface area contributed by atoms with Crippen LogP contribution in [0.1, 0.15) is 31.4 Å². The number of ether oxygens (including phenoxy) is 4. The molecular weight excluding hydrogens is 360 g/mol. The third kappa shape index (κ3) is 5.77. The molecule has 1 heterocycles. The fraction of sp³-hybridized carbons (Fsp3) is 0.429. The number of rotatable bonds is 10. The van der Waals surface area contributed by atoms with Gasteiger partial charge in [-0.05, 0) is 44.0 Å². The normalized spacial score (nSPS) is 10.5. The molecule has 7 heteroatoms. The second-order valence-electron chi connectivity index (χ2n) is 6.44. The van der Waals surface area contributed by atoms with E-state index in [0.717, 1.165) is 11.1 Å². The molecule has 152 valence electrons. The minimum Gasteiger partial charge on any atom is -0.493 e. The van der Waals surface area contributed by atoms with Gasteiger partial charge in [-0.15, -0.1) is 0 Å². The first-order valence-corrected chi connectivity index (χ1v) is 9.14.